The van der Waals surface area contributed by atoms with E-state index in [4.69, 9.17) is 5.73 Å². The maximum atomic E-state index is 12.9. The van der Waals surface area contributed by atoms with Crippen LogP contribution in [0.25, 0.3) is 0 Å². The minimum Gasteiger partial charge on any atom is -0.375 e. The Morgan fingerprint density at radius 1 is 1.14 bits per heavy atom. The number of benzene rings is 1. The fourth-order valence-corrected chi connectivity index (χ4v) is 3.19. The first-order valence-corrected chi connectivity index (χ1v) is 8.01. The summed E-state index contributed by atoms with van der Waals surface area (Å²) >= 11 is 1.50. The van der Waals surface area contributed by atoms with Gasteiger partial charge in [0.05, 0.1) is 5.69 Å². The van der Waals surface area contributed by atoms with Crippen molar-refractivity contribution in [1.29, 1.82) is 0 Å². The monoisotopic (exact) mass is 306 g/mol. The van der Waals surface area contributed by atoms with Gasteiger partial charge >= 0.3 is 0 Å². The van der Waals surface area contributed by atoms with E-state index < -0.39 is 0 Å². The molecular weight excluding hydrogens is 287 g/mol. The van der Waals surface area contributed by atoms with Crippen LogP contribution >= 0.6 is 11.3 Å². The van der Waals surface area contributed by atoms with Gasteiger partial charge in [-0.3, -0.25) is 4.90 Å². The normalized spacial score (nSPS) is 16.3. The fourth-order valence-electron chi connectivity index (χ4n) is 2.59. The van der Waals surface area contributed by atoms with Gasteiger partial charge in [0.25, 0.3) is 0 Å². The predicted molar refractivity (Wildman–Crippen MR) is 85.3 cm³/mol. The number of nitrogens with zero attached hydrogens (tertiary/aromatic N) is 3. The number of hydrogen-bond acceptors (Lipinski definition) is 5. The number of aromatic nitrogens is 1. The van der Waals surface area contributed by atoms with E-state index >= 15 is 0 Å². The van der Waals surface area contributed by atoms with Crippen LogP contribution in [0.15, 0.2) is 29.6 Å². The quantitative estimate of drug-likeness (QED) is 0.941. The molecular formula is C15H19FN4S. The van der Waals surface area contributed by atoms with Crippen LogP contribution in [0.3, 0.4) is 0 Å². The molecule has 0 unspecified atom stereocenters. The standard InChI is InChI=1S/C15H19FN4S/c16-12-1-3-14(4-2-12)20-9-7-19(8-10-20)6-5-13-11-21-15(17)18-13/h1-4,11H,5-10H2,(H2,17,18). The molecule has 21 heavy (non-hydrogen) atoms. The first-order chi connectivity index (χ1) is 10.2. The molecule has 6 heteroatoms. The van der Waals surface area contributed by atoms with Crippen LogP contribution in [-0.4, -0.2) is 42.6 Å². The molecule has 0 bridgehead atoms. The first kappa shape index (κ1) is 14.3. The van der Waals surface area contributed by atoms with Crippen molar-refractivity contribution < 1.29 is 4.39 Å². The number of thiazole rings is 1. The minimum atomic E-state index is -0.181. The molecule has 2 heterocycles. The molecule has 0 amide bonds. The zero-order chi connectivity index (χ0) is 14.7. The summed E-state index contributed by atoms with van der Waals surface area (Å²) in [6, 6.07) is 6.74. The summed E-state index contributed by atoms with van der Waals surface area (Å²) in [7, 11) is 0. The molecule has 1 fully saturated rings. The first-order valence-electron chi connectivity index (χ1n) is 7.13. The molecule has 1 aliphatic heterocycles. The number of nitrogen functional groups attached to an aromatic ring is 1. The van der Waals surface area contributed by atoms with Gasteiger partial charge in [0, 0.05) is 50.2 Å². The van der Waals surface area contributed by atoms with E-state index in [0.29, 0.717) is 5.13 Å². The second-order valence-electron chi connectivity index (χ2n) is 5.23. The average molecular weight is 306 g/mol. The van der Waals surface area contributed by atoms with Crippen LogP contribution in [-0.2, 0) is 6.42 Å². The summed E-state index contributed by atoms with van der Waals surface area (Å²) < 4.78 is 12.9. The highest BCUT2D eigenvalue weighted by Gasteiger charge is 2.17. The van der Waals surface area contributed by atoms with Gasteiger partial charge in [-0.25, -0.2) is 9.37 Å². The second-order valence-corrected chi connectivity index (χ2v) is 6.12. The Morgan fingerprint density at radius 3 is 2.48 bits per heavy atom. The lowest BCUT2D eigenvalue weighted by molar-refractivity contribution is 0.260. The lowest BCUT2D eigenvalue weighted by Gasteiger charge is -2.36. The molecule has 1 saturated heterocycles. The molecule has 0 radical (unpaired) electrons. The molecule has 1 aromatic carbocycles. The maximum absolute atomic E-state index is 12.9. The fraction of sp³-hybridized carbons (Fsp3) is 0.400. The summed E-state index contributed by atoms with van der Waals surface area (Å²) in [6.07, 6.45) is 0.949. The van der Waals surface area contributed by atoms with E-state index in [1.54, 1.807) is 0 Å². The van der Waals surface area contributed by atoms with Crippen molar-refractivity contribution in [3.05, 3.63) is 41.2 Å². The van der Waals surface area contributed by atoms with Crippen LogP contribution in [0.2, 0.25) is 0 Å². The molecule has 1 aromatic heterocycles. The van der Waals surface area contributed by atoms with E-state index in [0.717, 1.165) is 50.5 Å². The summed E-state index contributed by atoms with van der Waals surface area (Å²) in [5, 5.41) is 2.68. The second kappa shape index (κ2) is 6.41. The molecule has 0 spiro atoms. The lowest BCUT2D eigenvalue weighted by Crippen LogP contribution is -2.47. The molecule has 2 aromatic rings. The van der Waals surface area contributed by atoms with Gasteiger partial charge in [0.1, 0.15) is 5.82 Å². The number of nitrogens with two attached hydrogens (primary N) is 1. The molecule has 3 rings (SSSR count). The van der Waals surface area contributed by atoms with Gasteiger partial charge in [-0.1, -0.05) is 0 Å². The van der Waals surface area contributed by atoms with E-state index in [9.17, 15) is 4.39 Å². The highest BCUT2D eigenvalue weighted by Crippen LogP contribution is 2.17. The van der Waals surface area contributed by atoms with Crippen molar-refractivity contribution in [1.82, 2.24) is 9.88 Å². The molecule has 112 valence electrons. The number of piperazine rings is 1. The Morgan fingerprint density at radius 2 is 1.86 bits per heavy atom. The van der Waals surface area contributed by atoms with Crippen molar-refractivity contribution in [3.8, 4) is 0 Å². The topological polar surface area (TPSA) is 45.4 Å². The molecule has 1 aliphatic rings. The van der Waals surface area contributed by atoms with Crippen molar-refractivity contribution >= 4 is 22.2 Å². The van der Waals surface area contributed by atoms with Crippen LogP contribution in [0.5, 0.6) is 0 Å². The predicted octanol–water partition coefficient (Wildman–Crippen LogP) is 2.23. The van der Waals surface area contributed by atoms with Gasteiger partial charge in [-0.05, 0) is 24.3 Å². The Bertz CT molecular complexity index is 576. The summed E-state index contributed by atoms with van der Waals surface area (Å²) in [5.41, 5.74) is 7.82. The number of halogens is 1. The van der Waals surface area contributed by atoms with Crippen LogP contribution in [0, 0.1) is 5.82 Å². The van der Waals surface area contributed by atoms with Crippen LogP contribution < -0.4 is 10.6 Å². The molecule has 4 nitrogen and oxygen atoms in total. The van der Waals surface area contributed by atoms with Crippen molar-refractivity contribution in [2.45, 2.75) is 6.42 Å². The third-order valence-electron chi connectivity index (χ3n) is 3.82. The van der Waals surface area contributed by atoms with Crippen LogP contribution in [0.4, 0.5) is 15.2 Å². The Hall–Kier alpha value is -1.66. The third-order valence-corrected chi connectivity index (χ3v) is 4.54. The smallest absolute Gasteiger partial charge is 0.180 e. The van der Waals surface area contributed by atoms with Crippen molar-refractivity contribution in [3.63, 3.8) is 0 Å². The largest absolute Gasteiger partial charge is 0.375 e. The Balaban J connectivity index is 1.47. The molecule has 0 atom stereocenters. The Kier molecular flexibility index (Phi) is 4.36. The Labute approximate surface area is 128 Å². The van der Waals surface area contributed by atoms with Crippen molar-refractivity contribution in [2.24, 2.45) is 0 Å². The highest BCUT2D eigenvalue weighted by atomic mass is 32.1. The van der Waals surface area contributed by atoms with E-state index in [1.165, 1.54) is 23.5 Å². The lowest BCUT2D eigenvalue weighted by atomic mass is 10.2. The molecule has 2 N–H and O–H groups in total. The molecule has 0 aliphatic carbocycles. The van der Waals surface area contributed by atoms with Gasteiger partial charge in [-0.2, -0.15) is 0 Å². The van der Waals surface area contributed by atoms with Gasteiger partial charge in [0.2, 0.25) is 0 Å². The van der Waals surface area contributed by atoms with E-state index in [-0.39, 0.29) is 5.82 Å². The van der Waals surface area contributed by atoms with Crippen LogP contribution in [0.1, 0.15) is 5.69 Å². The number of hydrogen-bond donors (Lipinski definition) is 1. The summed E-state index contributed by atoms with van der Waals surface area (Å²) in [6.45, 7) is 5.02. The van der Waals surface area contributed by atoms with E-state index in [1.807, 2.05) is 17.5 Å². The zero-order valence-corrected chi connectivity index (χ0v) is 12.7. The zero-order valence-electron chi connectivity index (χ0n) is 11.8. The van der Waals surface area contributed by atoms with Crippen molar-refractivity contribution in [2.75, 3.05) is 43.4 Å². The van der Waals surface area contributed by atoms with Gasteiger partial charge < -0.3 is 10.6 Å². The van der Waals surface area contributed by atoms with Gasteiger partial charge in [0.15, 0.2) is 5.13 Å². The minimum absolute atomic E-state index is 0.181. The number of anilines is 2. The van der Waals surface area contributed by atoms with E-state index in [2.05, 4.69) is 14.8 Å². The SMILES string of the molecule is Nc1nc(CCN2CCN(c3ccc(F)cc3)CC2)cs1. The maximum Gasteiger partial charge on any atom is 0.180 e. The average Bonchev–Trinajstić information content (AvgIpc) is 2.92. The third kappa shape index (κ3) is 3.71. The highest BCUT2D eigenvalue weighted by molar-refractivity contribution is 7.13. The molecule has 0 saturated carbocycles. The number of rotatable bonds is 4. The summed E-state index contributed by atoms with van der Waals surface area (Å²) in [4.78, 5) is 9.03. The summed E-state index contributed by atoms with van der Waals surface area (Å²) in [5.74, 6) is -0.181. The van der Waals surface area contributed by atoms with Gasteiger partial charge in [-0.15, -0.1) is 11.3 Å².